The van der Waals surface area contributed by atoms with Gasteiger partial charge in [-0.25, -0.2) is 13.1 Å². The topological polar surface area (TPSA) is 205 Å². The van der Waals surface area contributed by atoms with Gasteiger partial charge in [0.05, 0.1) is 52.0 Å². The van der Waals surface area contributed by atoms with Crippen LogP contribution in [0.5, 0.6) is 11.6 Å². The van der Waals surface area contributed by atoms with Crippen LogP contribution in [0.1, 0.15) is 105 Å². The van der Waals surface area contributed by atoms with Crippen LogP contribution in [0.25, 0.3) is 11.0 Å². The number of ether oxygens (including phenoxy) is 3. The Morgan fingerprint density at radius 3 is 2.56 bits per heavy atom. The highest BCUT2D eigenvalue weighted by molar-refractivity contribution is 7.90. The van der Waals surface area contributed by atoms with E-state index in [-0.39, 0.29) is 41.1 Å². The van der Waals surface area contributed by atoms with Crippen molar-refractivity contribution in [2.75, 3.05) is 54.6 Å². The summed E-state index contributed by atoms with van der Waals surface area (Å²) in [6.07, 6.45) is 12.0. The summed E-state index contributed by atoms with van der Waals surface area (Å²) in [4.78, 5) is 41.3. The van der Waals surface area contributed by atoms with E-state index in [9.17, 15) is 28.4 Å². The number of anilines is 4. The molecule has 18 heteroatoms. The summed E-state index contributed by atoms with van der Waals surface area (Å²) in [5.41, 5.74) is 4.78. The largest absolute Gasteiger partial charge is 0.489 e. The second-order valence-electron chi connectivity index (χ2n) is 21.7. The fraction of sp³-hybridized carbons (Fsp3) is 0.509. The third-order valence-electron chi connectivity index (χ3n) is 17.0. The number of aliphatic hydroxyl groups is 1. The fourth-order valence-electron chi connectivity index (χ4n) is 13.0. The molecule has 1 spiro atoms. The van der Waals surface area contributed by atoms with Crippen LogP contribution in [0.15, 0.2) is 77.8 Å². The van der Waals surface area contributed by atoms with Crippen molar-refractivity contribution in [3.63, 3.8) is 0 Å². The Kier molecular flexibility index (Phi) is 11.5. The Labute approximate surface area is 413 Å². The summed E-state index contributed by atoms with van der Waals surface area (Å²) in [7, 11) is -4.70. The molecule has 12 rings (SSSR count). The van der Waals surface area contributed by atoms with Crippen molar-refractivity contribution in [3.8, 4) is 11.6 Å². The third-order valence-corrected chi connectivity index (χ3v) is 18.3. The van der Waals surface area contributed by atoms with E-state index in [0.29, 0.717) is 73.4 Å². The van der Waals surface area contributed by atoms with Crippen LogP contribution >= 0.6 is 0 Å². The first-order valence-corrected chi connectivity index (χ1v) is 26.9. The number of aromatic nitrogens is 2. The minimum atomic E-state index is -4.70. The number of sulfonamides is 1. The van der Waals surface area contributed by atoms with Gasteiger partial charge in [-0.3, -0.25) is 19.8 Å². The first-order valence-electron chi connectivity index (χ1n) is 25.4. The molecule has 71 heavy (non-hydrogen) atoms. The summed E-state index contributed by atoms with van der Waals surface area (Å²) in [6.45, 7) is 7.67. The molecule has 3 aromatic carbocycles. The number of hydrogen-bond donors (Lipinski definition) is 4. The predicted octanol–water partition coefficient (Wildman–Crippen LogP) is 8.29. The quantitative estimate of drug-likeness (QED) is 0.0768. The van der Waals surface area contributed by atoms with E-state index in [4.69, 9.17) is 19.2 Å². The lowest BCUT2D eigenvalue weighted by molar-refractivity contribution is -0.384. The van der Waals surface area contributed by atoms with E-state index in [1.807, 2.05) is 36.1 Å². The number of aromatic amines is 1. The van der Waals surface area contributed by atoms with Crippen molar-refractivity contribution in [1.29, 1.82) is 0 Å². The van der Waals surface area contributed by atoms with Gasteiger partial charge in [-0.15, -0.1) is 0 Å². The van der Waals surface area contributed by atoms with Gasteiger partial charge in [0.15, 0.2) is 11.4 Å². The lowest BCUT2D eigenvalue weighted by atomic mass is 9.59. The number of rotatable bonds is 10. The van der Waals surface area contributed by atoms with Crippen molar-refractivity contribution in [2.45, 2.75) is 125 Å². The highest BCUT2D eigenvalue weighted by Gasteiger charge is 2.50. The van der Waals surface area contributed by atoms with E-state index in [1.54, 1.807) is 12.3 Å². The van der Waals surface area contributed by atoms with Crippen LogP contribution in [0.3, 0.4) is 0 Å². The molecule has 0 radical (unpaired) electrons. The van der Waals surface area contributed by atoms with Gasteiger partial charge in [-0.05, 0) is 144 Å². The maximum absolute atomic E-state index is 14.7. The minimum absolute atomic E-state index is 0.0175. The molecule has 1 amide bonds. The number of pyridine rings is 1. The van der Waals surface area contributed by atoms with Gasteiger partial charge < -0.3 is 39.4 Å². The van der Waals surface area contributed by atoms with Crippen LogP contribution in [0.2, 0.25) is 0 Å². The van der Waals surface area contributed by atoms with E-state index >= 15 is 0 Å². The van der Waals surface area contributed by atoms with Crippen molar-refractivity contribution in [1.82, 2.24) is 19.6 Å². The number of nitro benzene ring substituents is 1. The molecule has 2 aromatic heterocycles. The summed E-state index contributed by atoms with van der Waals surface area (Å²) in [5.74, 6) is -0.215. The average Bonchev–Trinajstić information content (AvgIpc) is 4.14. The number of likely N-dealkylation sites (tertiary alicyclic amines) is 1. The number of hydrogen-bond acceptors (Lipinski definition) is 14. The number of aryl methyl sites for hydroxylation is 1. The Morgan fingerprint density at radius 1 is 0.972 bits per heavy atom. The molecule has 5 aliphatic heterocycles. The molecule has 374 valence electrons. The van der Waals surface area contributed by atoms with Crippen molar-refractivity contribution < 1.29 is 37.5 Å². The second-order valence-corrected chi connectivity index (χ2v) is 23.4. The van der Waals surface area contributed by atoms with E-state index in [1.165, 1.54) is 42.9 Å². The molecule has 3 saturated heterocycles. The lowest BCUT2D eigenvalue weighted by Crippen LogP contribution is -2.55. The van der Waals surface area contributed by atoms with E-state index < -0.39 is 43.1 Å². The highest BCUT2D eigenvalue weighted by Crippen LogP contribution is 2.55. The van der Waals surface area contributed by atoms with Crippen LogP contribution in [-0.4, -0.2) is 109 Å². The molecular weight excluding hydrogens is 925 g/mol. The number of benzene rings is 3. The van der Waals surface area contributed by atoms with Gasteiger partial charge >= 0.3 is 0 Å². The Balaban J connectivity index is 0.819. The van der Waals surface area contributed by atoms with Crippen LogP contribution in [-0.2, 0) is 14.8 Å². The smallest absolute Gasteiger partial charge is 0.297 e. The molecule has 5 aromatic rings. The first-order chi connectivity index (χ1) is 34.2. The van der Waals surface area contributed by atoms with Gasteiger partial charge in [0.1, 0.15) is 24.0 Å². The molecule has 2 aliphatic carbocycles. The second kappa shape index (κ2) is 17.7. The van der Waals surface area contributed by atoms with Gasteiger partial charge in [-0.2, -0.15) is 4.98 Å². The number of H-pyrrole nitrogens is 1. The van der Waals surface area contributed by atoms with E-state index in [0.717, 1.165) is 62.5 Å². The fourth-order valence-corrected chi connectivity index (χ4v) is 14.0. The zero-order valence-corrected chi connectivity index (χ0v) is 41.1. The molecule has 7 heterocycles. The van der Waals surface area contributed by atoms with Crippen molar-refractivity contribution >= 4 is 55.4 Å². The van der Waals surface area contributed by atoms with Crippen LogP contribution in [0, 0.1) is 28.4 Å². The molecule has 0 bridgehead atoms. The number of carbonyl (C=O) groups is 1. The molecule has 5 fully saturated rings. The maximum atomic E-state index is 14.7. The molecular formula is C53H62N8O9S. The number of fused-ring (bicyclic) bond motifs is 4. The minimum Gasteiger partial charge on any atom is -0.489 e. The van der Waals surface area contributed by atoms with E-state index in [2.05, 4.69) is 56.0 Å². The summed E-state index contributed by atoms with van der Waals surface area (Å²) < 4.78 is 49.4. The maximum Gasteiger partial charge on any atom is 0.297 e. The van der Waals surface area contributed by atoms with Crippen LogP contribution < -0.4 is 29.3 Å². The van der Waals surface area contributed by atoms with Gasteiger partial charge in [0.25, 0.3) is 21.6 Å². The summed E-state index contributed by atoms with van der Waals surface area (Å²) >= 11 is 0. The Hall–Kier alpha value is -5.95. The average molecular weight is 987 g/mol. The molecule has 7 aliphatic rings. The molecule has 4 N–H and O–H groups in total. The molecule has 4 atom stereocenters. The first kappa shape index (κ1) is 46.1. The normalized spacial score (nSPS) is 27.2. The number of carbonyl (C=O) groups excluding carboxylic acids is 1. The van der Waals surface area contributed by atoms with Crippen molar-refractivity contribution in [2.24, 2.45) is 11.3 Å². The number of amides is 1. The molecule has 2 saturated carbocycles. The van der Waals surface area contributed by atoms with Gasteiger partial charge in [0, 0.05) is 54.6 Å². The standard InChI is InChI=1S/C53H62N8O9S/c1-32-6-3-4-7-39(32)41-8-5-19-59(41)37-27-53(28-37)16-20-58(21-17-53)36-9-10-40(42(24-36)60-44-23-34-13-18-54-49(34)56-51(44)70-47-31-68-30-45(47)60)50(62)57-71(66,67)38-25-43(61(64)65)48-46(26-38)69-29-35(55-48)22-33-11-14-52(2,63)15-12-33/h3-4,6-7,9-10,13,18,23-26,33,35,37,41,45,47,55,63H,5,8,11-12,14-17,19-22,27-31H2,1-2H3,(H,54,56)(H,57,62)/t33?,35-,41+,45-,47-,52?/m1/s1. The SMILES string of the molecule is Cc1ccccc1[C@@H]1CCCN1C1CC2(CCN(c3ccc(C(=O)NS(=O)(=O)c4cc5c(c([N+](=O)[O-])c4)N[C@H](CC4CCC(C)(O)CC4)CO5)c(N4c5cc6cc[nH]c6nc5O[C@@H]5COC[C@H]54)c3)CC2)C1. The Morgan fingerprint density at radius 2 is 1.77 bits per heavy atom. The van der Waals surface area contributed by atoms with Crippen molar-refractivity contribution in [3.05, 3.63) is 99.7 Å². The highest BCUT2D eigenvalue weighted by atomic mass is 32.2. The van der Waals surface area contributed by atoms with Gasteiger partial charge in [-0.1, -0.05) is 24.3 Å². The molecule has 17 nitrogen and oxygen atoms in total. The summed E-state index contributed by atoms with van der Waals surface area (Å²) in [6, 6.07) is 20.9. The zero-order chi connectivity index (χ0) is 48.8. The summed E-state index contributed by atoms with van der Waals surface area (Å²) in [5, 5.41) is 27.1. The molecule has 0 unspecified atom stereocenters. The number of nitro groups is 1. The lowest BCUT2D eigenvalue weighted by Gasteiger charge is -2.56. The zero-order valence-electron chi connectivity index (χ0n) is 40.3. The monoisotopic (exact) mass is 986 g/mol. The third kappa shape index (κ3) is 8.53. The number of nitrogens with zero attached hydrogens (tertiary/aromatic N) is 5. The predicted molar refractivity (Wildman–Crippen MR) is 268 cm³/mol. The van der Waals surface area contributed by atoms with Gasteiger partial charge in [0.2, 0.25) is 5.88 Å². The number of nitrogens with one attached hydrogen (secondary N) is 3. The van der Waals surface area contributed by atoms with Crippen LogP contribution in [0.4, 0.5) is 28.4 Å². The Bertz CT molecular complexity index is 3010. The number of piperidine rings is 1.